The first kappa shape index (κ1) is 9.36. The van der Waals surface area contributed by atoms with E-state index in [2.05, 4.69) is 0 Å². The zero-order valence-electron chi connectivity index (χ0n) is 7.67. The Morgan fingerprint density at radius 1 is 1.23 bits per heavy atom. The van der Waals surface area contributed by atoms with Gasteiger partial charge in [0.15, 0.2) is 6.29 Å². The van der Waals surface area contributed by atoms with E-state index >= 15 is 0 Å². The fraction of sp³-hybridized carbons (Fsp3) is 1.00. The molecule has 2 rings (SSSR count). The first-order valence-corrected chi connectivity index (χ1v) is 4.28. The van der Waals surface area contributed by atoms with Gasteiger partial charge in [-0.25, -0.2) is 0 Å². The zero-order valence-corrected chi connectivity index (χ0v) is 7.67. The van der Waals surface area contributed by atoms with Crippen LogP contribution in [0.2, 0.25) is 0 Å². The number of rotatable bonds is 3. The molecule has 5 heteroatoms. The van der Waals surface area contributed by atoms with Crippen LogP contribution in [0.25, 0.3) is 0 Å². The Balaban J connectivity index is 1.95. The summed E-state index contributed by atoms with van der Waals surface area (Å²) in [7, 11) is 3.11. The molecule has 0 spiro atoms. The third-order valence-corrected chi connectivity index (χ3v) is 2.42. The lowest BCUT2D eigenvalue weighted by Crippen LogP contribution is -2.47. The van der Waals surface area contributed by atoms with Gasteiger partial charge in [-0.2, -0.15) is 0 Å². The van der Waals surface area contributed by atoms with Crippen molar-refractivity contribution in [2.75, 3.05) is 20.8 Å². The molecule has 5 nitrogen and oxygen atoms in total. The summed E-state index contributed by atoms with van der Waals surface area (Å²) in [5.41, 5.74) is 0. The molecule has 0 saturated carbocycles. The summed E-state index contributed by atoms with van der Waals surface area (Å²) in [4.78, 5) is 0. The number of hydrogen-bond donors (Lipinski definition) is 1. The van der Waals surface area contributed by atoms with Crippen molar-refractivity contribution in [3.05, 3.63) is 0 Å². The van der Waals surface area contributed by atoms with Crippen molar-refractivity contribution in [3.63, 3.8) is 0 Å². The molecular formula is C8H14O5. The van der Waals surface area contributed by atoms with Crippen LogP contribution >= 0.6 is 0 Å². The van der Waals surface area contributed by atoms with E-state index in [1.54, 1.807) is 7.11 Å². The van der Waals surface area contributed by atoms with Crippen molar-refractivity contribution >= 4 is 0 Å². The van der Waals surface area contributed by atoms with Gasteiger partial charge in [0, 0.05) is 14.2 Å². The number of aliphatic hydroxyl groups is 1. The average Bonchev–Trinajstić information content (AvgIpc) is 2.90. The number of fused-ring (bicyclic) bond motifs is 1. The largest absolute Gasteiger partial charge is 0.385 e. The van der Waals surface area contributed by atoms with E-state index in [0.29, 0.717) is 6.61 Å². The van der Waals surface area contributed by atoms with Gasteiger partial charge in [0.05, 0.1) is 6.61 Å². The Bertz CT molecular complexity index is 183. The van der Waals surface area contributed by atoms with Gasteiger partial charge in [0.1, 0.15) is 24.4 Å². The van der Waals surface area contributed by atoms with Crippen molar-refractivity contribution in [2.45, 2.75) is 30.7 Å². The topological polar surface area (TPSA) is 60.5 Å². The molecular weight excluding hydrogens is 176 g/mol. The van der Waals surface area contributed by atoms with E-state index in [4.69, 9.17) is 18.9 Å². The highest BCUT2D eigenvalue weighted by Gasteiger charge is 2.57. The summed E-state index contributed by atoms with van der Waals surface area (Å²) in [6, 6.07) is 0. The molecule has 13 heavy (non-hydrogen) atoms. The minimum Gasteiger partial charge on any atom is -0.385 e. The Morgan fingerprint density at radius 3 is 2.62 bits per heavy atom. The minimum absolute atomic E-state index is 0.0265. The van der Waals surface area contributed by atoms with Crippen molar-refractivity contribution in [2.24, 2.45) is 0 Å². The zero-order chi connectivity index (χ0) is 9.42. The predicted molar refractivity (Wildman–Crippen MR) is 42.2 cm³/mol. The Hall–Kier alpha value is -0.200. The summed E-state index contributed by atoms with van der Waals surface area (Å²) in [6.07, 6.45) is -1.56. The molecule has 1 N–H and O–H groups in total. The van der Waals surface area contributed by atoms with Gasteiger partial charge in [-0.1, -0.05) is 0 Å². The first-order chi connectivity index (χ1) is 6.27. The monoisotopic (exact) mass is 190 g/mol. The molecule has 2 aliphatic heterocycles. The second-order valence-electron chi connectivity index (χ2n) is 3.29. The molecule has 0 aromatic carbocycles. The standard InChI is InChI=1S/C8H14O5/c1-10-3-4-6-7(13-6)5(9)8(11-2)12-4/h4-9H,3H2,1-2H3. The van der Waals surface area contributed by atoms with Crippen molar-refractivity contribution in [3.8, 4) is 0 Å². The molecule has 2 aliphatic rings. The quantitative estimate of drug-likeness (QED) is 0.586. The summed E-state index contributed by atoms with van der Waals surface area (Å²) >= 11 is 0. The van der Waals surface area contributed by atoms with E-state index in [-0.39, 0.29) is 18.3 Å². The van der Waals surface area contributed by atoms with Gasteiger partial charge < -0.3 is 24.1 Å². The maximum absolute atomic E-state index is 9.55. The van der Waals surface area contributed by atoms with Crippen LogP contribution < -0.4 is 0 Å². The lowest BCUT2D eigenvalue weighted by atomic mass is 10.1. The van der Waals surface area contributed by atoms with Crippen LogP contribution in [0.4, 0.5) is 0 Å². The Labute approximate surface area is 76.5 Å². The van der Waals surface area contributed by atoms with Crippen LogP contribution in [0, 0.1) is 0 Å². The second-order valence-corrected chi connectivity index (χ2v) is 3.29. The summed E-state index contributed by atoms with van der Waals surface area (Å²) in [6.45, 7) is 0.466. The normalized spacial score (nSPS) is 48.7. The molecule has 0 amide bonds. The number of hydrogen-bond acceptors (Lipinski definition) is 5. The van der Waals surface area contributed by atoms with Crippen molar-refractivity contribution in [1.29, 1.82) is 0 Å². The summed E-state index contributed by atoms with van der Waals surface area (Å²) in [5, 5.41) is 9.55. The second kappa shape index (κ2) is 3.51. The van der Waals surface area contributed by atoms with Gasteiger partial charge in [0.25, 0.3) is 0 Å². The fourth-order valence-corrected chi connectivity index (χ4v) is 1.69. The number of aliphatic hydroxyl groups excluding tert-OH is 1. The molecule has 2 fully saturated rings. The van der Waals surface area contributed by atoms with Crippen LogP contribution in [-0.2, 0) is 18.9 Å². The van der Waals surface area contributed by atoms with Gasteiger partial charge in [-0.3, -0.25) is 0 Å². The van der Waals surface area contributed by atoms with Gasteiger partial charge in [0.2, 0.25) is 0 Å². The van der Waals surface area contributed by atoms with E-state index in [0.717, 1.165) is 0 Å². The highest BCUT2D eigenvalue weighted by Crippen LogP contribution is 2.37. The van der Waals surface area contributed by atoms with Crippen LogP contribution in [-0.4, -0.2) is 56.6 Å². The molecule has 2 saturated heterocycles. The lowest BCUT2D eigenvalue weighted by molar-refractivity contribution is -0.224. The molecule has 0 aliphatic carbocycles. The van der Waals surface area contributed by atoms with E-state index in [1.165, 1.54) is 7.11 Å². The smallest absolute Gasteiger partial charge is 0.186 e. The van der Waals surface area contributed by atoms with E-state index in [9.17, 15) is 5.11 Å². The fourth-order valence-electron chi connectivity index (χ4n) is 1.69. The molecule has 2 heterocycles. The molecule has 0 bridgehead atoms. The summed E-state index contributed by atoms with van der Waals surface area (Å²) < 4.78 is 20.6. The van der Waals surface area contributed by atoms with Crippen LogP contribution in [0.1, 0.15) is 0 Å². The van der Waals surface area contributed by atoms with Crippen LogP contribution in [0.15, 0.2) is 0 Å². The molecule has 5 unspecified atom stereocenters. The molecule has 0 radical (unpaired) electrons. The van der Waals surface area contributed by atoms with Crippen molar-refractivity contribution < 1.29 is 24.1 Å². The lowest BCUT2D eigenvalue weighted by Gasteiger charge is -2.29. The molecule has 76 valence electrons. The number of methoxy groups -OCH3 is 2. The maximum atomic E-state index is 9.55. The third kappa shape index (κ3) is 1.58. The van der Waals surface area contributed by atoms with E-state index in [1.807, 2.05) is 0 Å². The van der Waals surface area contributed by atoms with Gasteiger partial charge >= 0.3 is 0 Å². The first-order valence-electron chi connectivity index (χ1n) is 4.28. The molecule has 0 aromatic rings. The average molecular weight is 190 g/mol. The number of epoxide rings is 1. The van der Waals surface area contributed by atoms with Crippen LogP contribution in [0.3, 0.4) is 0 Å². The maximum Gasteiger partial charge on any atom is 0.186 e. The Kier molecular flexibility index (Phi) is 2.53. The Morgan fingerprint density at radius 2 is 2.00 bits per heavy atom. The van der Waals surface area contributed by atoms with Crippen LogP contribution in [0.5, 0.6) is 0 Å². The molecule has 0 aromatic heterocycles. The van der Waals surface area contributed by atoms with Crippen molar-refractivity contribution in [1.82, 2.24) is 0 Å². The summed E-state index contributed by atoms with van der Waals surface area (Å²) in [5.74, 6) is 0. The number of ether oxygens (including phenoxy) is 4. The van der Waals surface area contributed by atoms with E-state index < -0.39 is 12.4 Å². The third-order valence-electron chi connectivity index (χ3n) is 2.42. The van der Waals surface area contributed by atoms with Gasteiger partial charge in [-0.15, -0.1) is 0 Å². The SMILES string of the molecule is COCC1OC(OC)C(O)C2OC12. The molecule has 5 atom stereocenters. The highest BCUT2D eigenvalue weighted by atomic mass is 16.7. The minimum atomic E-state index is -0.678. The highest BCUT2D eigenvalue weighted by molar-refractivity contribution is 5.01. The van der Waals surface area contributed by atoms with Gasteiger partial charge in [-0.05, 0) is 0 Å². The predicted octanol–water partition coefficient (Wildman–Crippen LogP) is -0.868.